The Labute approximate surface area is 179 Å². The molecular weight excluding hydrogens is 422 g/mol. The van der Waals surface area contributed by atoms with Gasteiger partial charge in [-0.05, 0) is 43.3 Å². The van der Waals surface area contributed by atoms with E-state index in [9.17, 15) is 14.4 Å². The number of carbonyl (C=O) groups excluding carboxylic acids is 2. The number of amides is 1. The molecule has 0 aliphatic heterocycles. The predicted molar refractivity (Wildman–Crippen MR) is 113 cm³/mol. The third kappa shape index (κ3) is 4.67. The molecule has 0 unspecified atom stereocenters. The molecule has 0 aliphatic carbocycles. The molecule has 3 aromatic heterocycles. The van der Waals surface area contributed by atoms with E-state index in [-0.39, 0.29) is 17.2 Å². The van der Waals surface area contributed by atoms with Crippen LogP contribution in [0.4, 0.5) is 5.69 Å². The fraction of sp³-hybridized carbons (Fsp3) is 0.150. The summed E-state index contributed by atoms with van der Waals surface area (Å²) in [7, 11) is 0. The van der Waals surface area contributed by atoms with E-state index in [0.717, 1.165) is 11.8 Å². The van der Waals surface area contributed by atoms with Crippen LogP contribution in [0, 0.1) is 0 Å². The number of aromatic amines is 1. The topological polar surface area (TPSA) is 132 Å². The van der Waals surface area contributed by atoms with Crippen LogP contribution in [-0.2, 0) is 9.53 Å². The number of anilines is 1. The number of ether oxygens (including phenoxy) is 1. The normalized spacial score (nSPS) is 10.9. The summed E-state index contributed by atoms with van der Waals surface area (Å²) >= 11 is 1.13. The quantitative estimate of drug-likeness (QED) is 0.332. The molecule has 4 rings (SSSR count). The number of furan rings is 1. The van der Waals surface area contributed by atoms with Crippen molar-refractivity contribution in [3.05, 3.63) is 64.6 Å². The van der Waals surface area contributed by atoms with E-state index in [1.54, 1.807) is 43.3 Å². The van der Waals surface area contributed by atoms with Crippen LogP contribution in [0.2, 0.25) is 0 Å². The van der Waals surface area contributed by atoms with Gasteiger partial charge in [-0.15, -0.1) is 0 Å². The first-order chi connectivity index (χ1) is 15.0. The summed E-state index contributed by atoms with van der Waals surface area (Å²) in [6, 6.07) is 11.1. The zero-order valence-corrected chi connectivity index (χ0v) is 17.1. The molecule has 0 spiro atoms. The highest BCUT2D eigenvalue weighted by molar-refractivity contribution is 7.99. The largest absolute Gasteiger partial charge is 0.462 e. The highest BCUT2D eigenvalue weighted by Crippen LogP contribution is 2.22. The van der Waals surface area contributed by atoms with Crippen LogP contribution in [0.15, 0.2) is 63.1 Å². The minimum absolute atomic E-state index is 0.0313. The number of nitrogens with one attached hydrogen (secondary N) is 2. The lowest BCUT2D eigenvalue weighted by molar-refractivity contribution is -0.113. The van der Waals surface area contributed by atoms with E-state index in [2.05, 4.69) is 20.4 Å². The van der Waals surface area contributed by atoms with Gasteiger partial charge in [0.25, 0.3) is 5.56 Å². The molecule has 11 heteroatoms. The monoisotopic (exact) mass is 439 g/mol. The zero-order valence-electron chi connectivity index (χ0n) is 16.3. The van der Waals surface area contributed by atoms with Crippen molar-refractivity contribution in [1.29, 1.82) is 0 Å². The van der Waals surface area contributed by atoms with Gasteiger partial charge in [-0.2, -0.15) is 4.98 Å². The van der Waals surface area contributed by atoms with E-state index in [0.29, 0.717) is 40.2 Å². The average Bonchev–Trinajstić information content (AvgIpc) is 3.41. The SMILES string of the molecule is CCOC(=O)c1ccc(NC(=O)CSc2nc(-c3ccco3)nc3cc(=O)[nH]n23)cc1. The van der Waals surface area contributed by atoms with Gasteiger partial charge >= 0.3 is 5.97 Å². The number of esters is 1. The van der Waals surface area contributed by atoms with Crippen molar-refractivity contribution in [3.63, 3.8) is 0 Å². The Balaban J connectivity index is 1.47. The Bertz CT molecular complexity index is 1280. The van der Waals surface area contributed by atoms with E-state index in [4.69, 9.17) is 9.15 Å². The van der Waals surface area contributed by atoms with Crippen molar-refractivity contribution in [2.75, 3.05) is 17.7 Å². The number of hydrogen-bond donors (Lipinski definition) is 2. The second-order valence-electron chi connectivity index (χ2n) is 6.26. The molecule has 158 valence electrons. The Kier molecular flexibility index (Phi) is 5.85. The van der Waals surface area contributed by atoms with Crippen molar-refractivity contribution in [1.82, 2.24) is 19.6 Å². The molecule has 2 N–H and O–H groups in total. The standard InChI is InChI=1S/C20H17N5O5S/c1-2-29-19(28)12-5-7-13(8-6-12)21-17(27)11-31-20-23-18(14-4-3-9-30-14)22-15-10-16(26)24-25(15)20/h3-10H,2,11H2,1H3,(H,21,27)(H,24,26). The minimum atomic E-state index is -0.420. The first-order valence-electron chi connectivity index (χ1n) is 9.27. The van der Waals surface area contributed by atoms with Crippen LogP contribution in [0.25, 0.3) is 17.2 Å². The number of thioether (sulfide) groups is 1. The van der Waals surface area contributed by atoms with Gasteiger partial charge in [0, 0.05) is 11.8 Å². The predicted octanol–water partition coefficient (Wildman–Crippen LogP) is 2.59. The van der Waals surface area contributed by atoms with Crippen LogP contribution in [-0.4, -0.2) is 43.8 Å². The zero-order chi connectivity index (χ0) is 21.8. The highest BCUT2D eigenvalue weighted by atomic mass is 32.2. The third-order valence-electron chi connectivity index (χ3n) is 4.08. The number of aromatic nitrogens is 4. The number of rotatable bonds is 7. The first kappa shape index (κ1) is 20.4. The van der Waals surface area contributed by atoms with Crippen LogP contribution < -0.4 is 10.9 Å². The molecular formula is C20H17N5O5S. The van der Waals surface area contributed by atoms with Gasteiger partial charge in [0.05, 0.1) is 24.2 Å². The van der Waals surface area contributed by atoms with Crippen LogP contribution in [0.1, 0.15) is 17.3 Å². The maximum atomic E-state index is 12.4. The lowest BCUT2D eigenvalue weighted by Gasteiger charge is -2.08. The summed E-state index contributed by atoms with van der Waals surface area (Å²) in [5.41, 5.74) is 0.972. The fourth-order valence-electron chi connectivity index (χ4n) is 2.73. The van der Waals surface area contributed by atoms with E-state index < -0.39 is 5.97 Å². The number of carbonyl (C=O) groups is 2. The molecule has 31 heavy (non-hydrogen) atoms. The maximum absolute atomic E-state index is 12.4. The fourth-order valence-corrected chi connectivity index (χ4v) is 3.48. The van der Waals surface area contributed by atoms with Crippen molar-refractivity contribution >= 4 is 35.0 Å². The second kappa shape index (κ2) is 8.88. The third-order valence-corrected chi connectivity index (χ3v) is 5.02. The molecule has 1 amide bonds. The van der Waals surface area contributed by atoms with Gasteiger partial charge in [-0.25, -0.2) is 14.3 Å². The van der Waals surface area contributed by atoms with Gasteiger partial charge < -0.3 is 14.5 Å². The molecule has 0 fully saturated rings. The lowest BCUT2D eigenvalue weighted by Crippen LogP contribution is -2.15. The Hall–Kier alpha value is -3.86. The van der Waals surface area contributed by atoms with Gasteiger partial charge in [-0.1, -0.05) is 11.8 Å². The summed E-state index contributed by atoms with van der Waals surface area (Å²) in [5, 5.41) is 5.74. The van der Waals surface area contributed by atoms with Crippen molar-refractivity contribution in [2.45, 2.75) is 12.1 Å². The number of benzene rings is 1. The summed E-state index contributed by atoms with van der Waals surface area (Å²) in [5.74, 6) is 0.0842. The number of nitrogens with zero attached hydrogens (tertiary/aromatic N) is 3. The molecule has 3 heterocycles. The molecule has 0 bridgehead atoms. The highest BCUT2D eigenvalue weighted by Gasteiger charge is 2.15. The van der Waals surface area contributed by atoms with Crippen molar-refractivity contribution in [2.24, 2.45) is 0 Å². The van der Waals surface area contributed by atoms with Gasteiger partial charge in [0.15, 0.2) is 22.4 Å². The van der Waals surface area contributed by atoms with Crippen molar-refractivity contribution < 1.29 is 18.7 Å². The molecule has 0 saturated heterocycles. The smallest absolute Gasteiger partial charge is 0.338 e. The number of fused-ring (bicyclic) bond motifs is 1. The molecule has 0 radical (unpaired) electrons. The molecule has 1 aromatic carbocycles. The second-order valence-corrected chi connectivity index (χ2v) is 7.20. The van der Waals surface area contributed by atoms with Gasteiger partial charge in [-0.3, -0.25) is 14.7 Å². The summed E-state index contributed by atoms with van der Waals surface area (Å²) in [6.07, 6.45) is 1.50. The Morgan fingerprint density at radius 2 is 2.03 bits per heavy atom. The van der Waals surface area contributed by atoms with E-state index >= 15 is 0 Å². The van der Waals surface area contributed by atoms with Crippen LogP contribution in [0.3, 0.4) is 0 Å². The Morgan fingerprint density at radius 1 is 1.23 bits per heavy atom. The summed E-state index contributed by atoms with van der Waals surface area (Å²) in [6.45, 7) is 2.02. The summed E-state index contributed by atoms with van der Waals surface area (Å²) in [4.78, 5) is 44.5. The minimum Gasteiger partial charge on any atom is -0.462 e. The maximum Gasteiger partial charge on any atom is 0.338 e. The van der Waals surface area contributed by atoms with Crippen molar-refractivity contribution in [3.8, 4) is 11.6 Å². The van der Waals surface area contributed by atoms with Gasteiger partial charge in [0.2, 0.25) is 5.91 Å². The Morgan fingerprint density at radius 3 is 2.74 bits per heavy atom. The van der Waals surface area contributed by atoms with E-state index in [1.807, 2.05) is 0 Å². The molecule has 4 aromatic rings. The van der Waals surface area contributed by atoms with Gasteiger partial charge in [0.1, 0.15) is 0 Å². The number of hydrogen-bond acceptors (Lipinski definition) is 8. The first-order valence-corrected chi connectivity index (χ1v) is 10.3. The van der Waals surface area contributed by atoms with E-state index in [1.165, 1.54) is 16.8 Å². The molecule has 0 aliphatic rings. The summed E-state index contributed by atoms with van der Waals surface area (Å²) < 4.78 is 11.7. The van der Waals surface area contributed by atoms with Crippen LogP contribution >= 0.6 is 11.8 Å². The average molecular weight is 439 g/mol. The number of H-pyrrole nitrogens is 1. The van der Waals surface area contributed by atoms with Crippen LogP contribution in [0.5, 0.6) is 0 Å². The molecule has 10 nitrogen and oxygen atoms in total. The molecule has 0 saturated carbocycles. The lowest BCUT2D eigenvalue weighted by atomic mass is 10.2. The molecule has 0 atom stereocenters.